The van der Waals surface area contributed by atoms with Crippen LogP contribution in [0.4, 0.5) is 0 Å². The van der Waals surface area contributed by atoms with Crippen molar-refractivity contribution in [3.8, 4) is 0 Å². The lowest BCUT2D eigenvalue weighted by molar-refractivity contribution is 0.302. The molecule has 1 aliphatic heterocycles. The summed E-state index contributed by atoms with van der Waals surface area (Å²) in [7, 11) is 0. The van der Waals surface area contributed by atoms with E-state index in [1.807, 2.05) is 6.07 Å². The van der Waals surface area contributed by atoms with E-state index in [1.165, 1.54) is 40.7 Å². The number of aromatic nitrogens is 1. The monoisotopic (exact) mass is 288 g/mol. The van der Waals surface area contributed by atoms with Gasteiger partial charge in [0.2, 0.25) is 0 Å². The molecule has 2 nitrogen and oxygen atoms in total. The molecule has 1 aliphatic rings. The normalized spacial score (nSPS) is 16.6. The van der Waals surface area contributed by atoms with Crippen molar-refractivity contribution in [2.24, 2.45) is 0 Å². The van der Waals surface area contributed by atoms with Crippen LogP contribution in [0.5, 0.6) is 0 Å². The number of benzene rings is 1. The SMILES string of the molecule is CCCN1CC=C(c2c(C)[nH]c3ccc(Cl)cc23)CC1. The average Bonchev–Trinajstić information content (AvgIpc) is 2.76. The molecular weight excluding hydrogens is 268 g/mol. The molecular formula is C17H21ClN2. The van der Waals surface area contributed by atoms with E-state index in [4.69, 9.17) is 11.6 Å². The van der Waals surface area contributed by atoms with E-state index >= 15 is 0 Å². The van der Waals surface area contributed by atoms with Crippen molar-refractivity contribution in [3.05, 3.63) is 40.6 Å². The molecule has 0 unspecified atom stereocenters. The molecule has 0 saturated heterocycles. The first-order valence-electron chi connectivity index (χ1n) is 7.38. The molecule has 2 heterocycles. The molecule has 0 saturated carbocycles. The minimum absolute atomic E-state index is 0.807. The number of rotatable bonds is 3. The van der Waals surface area contributed by atoms with Crippen LogP contribution < -0.4 is 0 Å². The maximum atomic E-state index is 6.16. The van der Waals surface area contributed by atoms with E-state index in [-0.39, 0.29) is 0 Å². The van der Waals surface area contributed by atoms with Crippen LogP contribution in [-0.4, -0.2) is 29.5 Å². The molecule has 0 fully saturated rings. The lowest BCUT2D eigenvalue weighted by Crippen LogP contribution is -2.29. The summed E-state index contributed by atoms with van der Waals surface area (Å²) < 4.78 is 0. The van der Waals surface area contributed by atoms with Gasteiger partial charge in [-0.3, -0.25) is 4.90 Å². The Balaban J connectivity index is 1.98. The Bertz CT molecular complexity index is 654. The summed E-state index contributed by atoms with van der Waals surface area (Å²) >= 11 is 6.16. The number of nitrogens with one attached hydrogen (secondary N) is 1. The predicted molar refractivity (Wildman–Crippen MR) is 87.4 cm³/mol. The van der Waals surface area contributed by atoms with E-state index in [1.54, 1.807) is 0 Å². The molecule has 0 bridgehead atoms. The zero-order chi connectivity index (χ0) is 14.1. The van der Waals surface area contributed by atoms with Gasteiger partial charge in [-0.15, -0.1) is 0 Å². The summed E-state index contributed by atoms with van der Waals surface area (Å²) in [5.41, 5.74) is 5.25. The standard InChI is InChI=1S/C17H21ClN2/c1-3-8-20-9-6-13(7-10-20)17-12(2)19-16-5-4-14(18)11-15(16)17/h4-6,11,19H,3,7-10H2,1-2H3. The van der Waals surface area contributed by atoms with Crippen molar-refractivity contribution in [1.29, 1.82) is 0 Å². The van der Waals surface area contributed by atoms with Crippen LogP contribution in [0.3, 0.4) is 0 Å². The van der Waals surface area contributed by atoms with Gasteiger partial charge in [0.25, 0.3) is 0 Å². The van der Waals surface area contributed by atoms with E-state index < -0.39 is 0 Å². The van der Waals surface area contributed by atoms with Crippen LogP contribution in [0.15, 0.2) is 24.3 Å². The summed E-state index contributed by atoms with van der Waals surface area (Å²) in [6.45, 7) is 7.82. The van der Waals surface area contributed by atoms with Gasteiger partial charge < -0.3 is 4.98 Å². The number of nitrogens with zero attached hydrogens (tertiary/aromatic N) is 1. The highest BCUT2D eigenvalue weighted by Crippen LogP contribution is 2.33. The molecule has 0 amide bonds. The van der Waals surface area contributed by atoms with Gasteiger partial charge in [0.1, 0.15) is 0 Å². The van der Waals surface area contributed by atoms with Gasteiger partial charge in [-0.25, -0.2) is 0 Å². The third-order valence-corrected chi connectivity index (χ3v) is 4.34. The lowest BCUT2D eigenvalue weighted by Gasteiger charge is -2.26. The van der Waals surface area contributed by atoms with E-state index in [0.717, 1.165) is 24.5 Å². The molecule has 2 aromatic rings. The Labute approximate surface area is 125 Å². The first-order chi connectivity index (χ1) is 9.69. The van der Waals surface area contributed by atoms with Gasteiger partial charge in [0.05, 0.1) is 0 Å². The first kappa shape index (κ1) is 13.7. The van der Waals surface area contributed by atoms with Crippen LogP contribution in [0.2, 0.25) is 5.02 Å². The molecule has 0 atom stereocenters. The molecule has 0 radical (unpaired) electrons. The number of halogens is 1. The smallest absolute Gasteiger partial charge is 0.0463 e. The van der Waals surface area contributed by atoms with Crippen molar-refractivity contribution in [3.63, 3.8) is 0 Å². The molecule has 0 spiro atoms. The number of hydrogen-bond acceptors (Lipinski definition) is 1. The fourth-order valence-corrected chi connectivity index (χ4v) is 3.34. The third-order valence-electron chi connectivity index (χ3n) is 4.10. The summed E-state index contributed by atoms with van der Waals surface area (Å²) in [5, 5.41) is 2.06. The van der Waals surface area contributed by atoms with Gasteiger partial charge in [-0.05, 0) is 50.1 Å². The number of aromatic amines is 1. The Hall–Kier alpha value is -1.25. The molecule has 1 aromatic carbocycles. The van der Waals surface area contributed by atoms with Crippen LogP contribution in [0.25, 0.3) is 16.5 Å². The molecule has 3 rings (SSSR count). The average molecular weight is 289 g/mol. The lowest BCUT2D eigenvalue weighted by atomic mass is 9.96. The zero-order valence-electron chi connectivity index (χ0n) is 12.2. The molecule has 20 heavy (non-hydrogen) atoms. The van der Waals surface area contributed by atoms with Crippen molar-refractivity contribution in [2.45, 2.75) is 26.7 Å². The summed E-state index contributed by atoms with van der Waals surface area (Å²) in [4.78, 5) is 5.99. The number of hydrogen-bond donors (Lipinski definition) is 1. The topological polar surface area (TPSA) is 19.0 Å². The van der Waals surface area contributed by atoms with Crippen molar-refractivity contribution < 1.29 is 0 Å². The molecule has 1 aromatic heterocycles. The maximum absolute atomic E-state index is 6.16. The Morgan fingerprint density at radius 2 is 2.20 bits per heavy atom. The highest BCUT2D eigenvalue weighted by Gasteiger charge is 2.17. The largest absolute Gasteiger partial charge is 0.358 e. The Morgan fingerprint density at radius 3 is 2.90 bits per heavy atom. The second kappa shape index (κ2) is 5.63. The predicted octanol–water partition coefficient (Wildman–Crippen LogP) is 4.63. The second-order valence-electron chi connectivity index (χ2n) is 5.59. The minimum atomic E-state index is 0.807. The fourth-order valence-electron chi connectivity index (χ4n) is 3.17. The maximum Gasteiger partial charge on any atom is 0.0463 e. The molecule has 3 heteroatoms. The highest BCUT2D eigenvalue weighted by molar-refractivity contribution is 6.31. The van der Waals surface area contributed by atoms with Gasteiger partial charge in [-0.1, -0.05) is 24.6 Å². The Morgan fingerprint density at radius 1 is 1.35 bits per heavy atom. The van der Waals surface area contributed by atoms with Crippen LogP contribution in [-0.2, 0) is 0 Å². The number of aryl methyl sites for hydroxylation is 1. The van der Waals surface area contributed by atoms with Gasteiger partial charge in [-0.2, -0.15) is 0 Å². The highest BCUT2D eigenvalue weighted by atomic mass is 35.5. The number of H-pyrrole nitrogens is 1. The van der Waals surface area contributed by atoms with Gasteiger partial charge in [0.15, 0.2) is 0 Å². The summed E-state index contributed by atoms with van der Waals surface area (Å²) in [6.07, 6.45) is 4.74. The van der Waals surface area contributed by atoms with Crippen molar-refractivity contribution in [1.82, 2.24) is 9.88 Å². The van der Waals surface area contributed by atoms with Gasteiger partial charge >= 0.3 is 0 Å². The van der Waals surface area contributed by atoms with E-state index in [0.29, 0.717) is 0 Å². The minimum Gasteiger partial charge on any atom is -0.358 e. The van der Waals surface area contributed by atoms with E-state index in [9.17, 15) is 0 Å². The number of fused-ring (bicyclic) bond motifs is 1. The molecule has 1 N–H and O–H groups in total. The summed E-state index contributed by atoms with van der Waals surface area (Å²) in [6, 6.07) is 6.10. The second-order valence-corrected chi connectivity index (χ2v) is 6.03. The Kier molecular flexibility index (Phi) is 3.86. The van der Waals surface area contributed by atoms with Crippen molar-refractivity contribution in [2.75, 3.05) is 19.6 Å². The van der Waals surface area contributed by atoms with Crippen molar-refractivity contribution >= 4 is 28.1 Å². The quantitative estimate of drug-likeness (QED) is 0.872. The molecule has 0 aliphatic carbocycles. The summed E-state index contributed by atoms with van der Waals surface area (Å²) in [5.74, 6) is 0. The molecule has 106 valence electrons. The fraction of sp³-hybridized carbons (Fsp3) is 0.412. The first-order valence-corrected chi connectivity index (χ1v) is 7.76. The van der Waals surface area contributed by atoms with Gasteiger partial charge in [0, 0.05) is 40.3 Å². The van der Waals surface area contributed by atoms with Crippen LogP contribution >= 0.6 is 11.6 Å². The third kappa shape index (κ3) is 2.50. The zero-order valence-corrected chi connectivity index (χ0v) is 12.9. The van der Waals surface area contributed by atoms with Crippen LogP contribution in [0, 0.1) is 6.92 Å². The van der Waals surface area contributed by atoms with E-state index in [2.05, 4.69) is 41.9 Å². The van der Waals surface area contributed by atoms with Crippen LogP contribution in [0.1, 0.15) is 31.0 Å².